The minimum Gasteiger partial charge on any atom is -0.483 e. The van der Waals surface area contributed by atoms with Gasteiger partial charge in [0.25, 0.3) is 5.91 Å². The van der Waals surface area contributed by atoms with Gasteiger partial charge in [-0.25, -0.2) is 4.98 Å². The quantitative estimate of drug-likeness (QED) is 0.654. The van der Waals surface area contributed by atoms with Gasteiger partial charge in [0, 0.05) is 17.4 Å². The minimum absolute atomic E-state index is 0.0860. The van der Waals surface area contributed by atoms with Gasteiger partial charge >= 0.3 is 0 Å². The zero-order valence-corrected chi connectivity index (χ0v) is 17.2. The van der Waals surface area contributed by atoms with E-state index in [0.717, 1.165) is 27.4 Å². The molecule has 0 saturated carbocycles. The molecule has 5 nitrogen and oxygen atoms in total. The first-order chi connectivity index (χ1) is 14.0. The van der Waals surface area contributed by atoms with E-state index in [1.54, 1.807) is 6.07 Å². The number of rotatable bonds is 6. The molecule has 3 aromatic rings. The van der Waals surface area contributed by atoms with Gasteiger partial charge in [-0.3, -0.25) is 9.59 Å². The molecule has 1 aliphatic rings. The van der Waals surface area contributed by atoms with E-state index in [0.29, 0.717) is 24.3 Å². The second-order valence-corrected chi connectivity index (χ2v) is 8.20. The fourth-order valence-corrected chi connectivity index (χ4v) is 4.47. The standard InChI is InChI=1S/C23H22N2O3S/c1-14-8-9-19(23-18(26)10-15(2)22(14)23)28-12-20(27)24-11-21-25-17(13-29-21)16-6-4-3-5-7-16/h3-9,13,15H,10-12H2,1-2H3,(H,24,27). The first kappa shape index (κ1) is 19.3. The highest BCUT2D eigenvalue weighted by molar-refractivity contribution is 7.09. The topological polar surface area (TPSA) is 68.3 Å². The maximum atomic E-state index is 12.3. The largest absolute Gasteiger partial charge is 0.483 e. The van der Waals surface area contributed by atoms with Gasteiger partial charge in [0.1, 0.15) is 10.8 Å². The lowest BCUT2D eigenvalue weighted by molar-refractivity contribution is -0.123. The normalized spacial score (nSPS) is 15.2. The van der Waals surface area contributed by atoms with E-state index >= 15 is 0 Å². The highest BCUT2D eigenvalue weighted by Crippen LogP contribution is 2.40. The summed E-state index contributed by atoms with van der Waals surface area (Å²) in [5.74, 6) is 0.534. The first-order valence-corrected chi connectivity index (χ1v) is 10.5. The Kier molecular flexibility index (Phi) is 5.45. The molecule has 29 heavy (non-hydrogen) atoms. The van der Waals surface area contributed by atoms with Gasteiger partial charge < -0.3 is 10.1 Å². The van der Waals surface area contributed by atoms with Crippen molar-refractivity contribution in [2.24, 2.45) is 0 Å². The summed E-state index contributed by atoms with van der Waals surface area (Å²) in [6, 6.07) is 13.7. The number of Topliss-reactive ketones (excluding diaryl/α,β-unsaturated/α-hetero) is 1. The van der Waals surface area contributed by atoms with Crippen molar-refractivity contribution in [3.05, 3.63) is 69.5 Å². The smallest absolute Gasteiger partial charge is 0.258 e. The van der Waals surface area contributed by atoms with Crippen LogP contribution in [0.15, 0.2) is 47.8 Å². The molecule has 0 saturated heterocycles. The molecule has 0 spiro atoms. The summed E-state index contributed by atoms with van der Waals surface area (Å²) in [5.41, 5.74) is 4.73. The van der Waals surface area contributed by atoms with Crippen molar-refractivity contribution >= 4 is 23.0 Å². The van der Waals surface area contributed by atoms with Crippen molar-refractivity contribution < 1.29 is 14.3 Å². The number of aromatic nitrogens is 1. The first-order valence-electron chi connectivity index (χ1n) is 9.59. The van der Waals surface area contributed by atoms with Crippen molar-refractivity contribution in [2.75, 3.05) is 6.61 Å². The van der Waals surface area contributed by atoms with E-state index in [1.807, 2.05) is 55.6 Å². The molecule has 1 unspecified atom stereocenters. The maximum absolute atomic E-state index is 12.3. The summed E-state index contributed by atoms with van der Waals surface area (Å²) in [7, 11) is 0. The predicted molar refractivity (Wildman–Crippen MR) is 113 cm³/mol. The lowest BCUT2D eigenvalue weighted by Gasteiger charge is -2.13. The van der Waals surface area contributed by atoms with E-state index in [-0.39, 0.29) is 24.2 Å². The lowest BCUT2D eigenvalue weighted by Crippen LogP contribution is -2.28. The van der Waals surface area contributed by atoms with Crippen molar-refractivity contribution in [2.45, 2.75) is 32.7 Å². The molecule has 148 valence electrons. The summed E-state index contributed by atoms with van der Waals surface area (Å²) in [5, 5.41) is 5.64. The molecular formula is C23H22N2O3S. The summed E-state index contributed by atoms with van der Waals surface area (Å²) in [6.07, 6.45) is 0.497. The number of aryl methyl sites for hydroxylation is 1. The Bertz CT molecular complexity index is 1060. The molecule has 0 bridgehead atoms. The second-order valence-electron chi connectivity index (χ2n) is 7.26. The number of benzene rings is 2. The van der Waals surface area contributed by atoms with Gasteiger partial charge in [-0.05, 0) is 30.0 Å². The molecule has 0 aliphatic heterocycles. The van der Waals surface area contributed by atoms with Gasteiger partial charge in [-0.15, -0.1) is 11.3 Å². The molecule has 1 N–H and O–H groups in total. The van der Waals surface area contributed by atoms with Crippen LogP contribution in [-0.4, -0.2) is 23.3 Å². The Morgan fingerprint density at radius 2 is 2.03 bits per heavy atom. The third-order valence-corrected chi connectivity index (χ3v) is 5.95. The highest BCUT2D eigenvalue weighted by Gasteiger charge is 2.31. The van der Waals surface area contributed by atoms with Crippen molar-refractivity contribution in [3.63, 3.8) is 0 Å². The molecule has 1 amide bonds. The van der Waals surface area contributed by atoms with Crippen LogP contribution in [-0.2, 0) is 11.3 Å². The van der Waals surface area contributed by atoms with Gasteiger partial charge in [0.05, 0.1) is 17.8 Å². The van der Waals surface area contributed by atoms with Gasteiger partial charge in [0.15, 0.2) is 12.4 Å². The molecule has 1 atom stereocenters. The minimum atomic E-state index is -0.241. The average Bonchev–Trinajstić information content (AvgIpc) is 3.32. The van der Waals surface area contributed by atoms with Crippen LogP contribution in [0.4, 0.5) is 0 Å². The number of nitrogens with one attached hydrogen (secondary N) is 1. The number of hydrogen-bond donors (Lipinski definition) is 1. The van der Waals surface area contributed by atoms with Crippen LogP contribution >= 0.6 is 11.3 Å². The van der Waals surface area contributed by atoms with Crippen LogP contribution in [0.3, 0.4) is 0 Å². The van der Waals surface area contributed by atoms with Crippen LogP contribution in [0.2, 0.25) is 0 Å². The fraction of sp³-hybridized carbons (Fsp3) is 0.261. The number of ketones is 1. The zero-order chi connectivity index (χ0) is 20.4. The van der Waals surface area contributed by atoms with E-state index in [4.69, 9.17) is 4.74 Å². The number of nitrogens with zero attached hydrogens (tertiary/aromatic N) is 1. The number of carbonyl (C=O) groups is 2. The molecule has 6 heteroatoms. The van der Waals surface area contributed by atoms with Crippen molar-refractivity contribution in [3.8, 4) is 17.0 Å². The van der Waals surface area contributed by atoms with Crippen LogP contribution in [0.25, 0.3) is 11.3 Å². The molecule has 4 rings (SSSR count). The summed E-state index contributed by atoms with van der Waals surface area (Å²) in [4.78, 5) is 29.1. The number of carbonyl (C=O) groups excluding carboxylic acids is 2. The number of thiazole rings is 1. The average molecular weight is 407 g/mol. The van der Waals surface area contributed by atoms with E-state index < -0.39 is 0 Å². The zero-order valence-electron chi connectivity index (χ0n) is 16.4. The Morgan fingerprint density at radius 3 is 2.83 bits per heavy atom. The van der Waals surface area contributed by atoms with Gasteiger partial charge in [-0.2, -0.15) is 0 Å². The van der Waals surface area contributed by atoms with Crippen LogP contribution in [0, 0.1) is 6.92 Å². The highest BCUT2D eigenvalue weighted by atomic mass is 32.1. The van der Waals surface area contributed by atoms with E-state index in [2.05, 4.69) is 10.3 Å². The second kappa shape index (κ2) is 8.17. The number of ether oxygens (including phenoxy) is 1. The lowest BCUT2D eigenvalue weighted by atomic mass is 9.97. The Hall–Kier alpha value is -2.99. The van der Waals surface area contributed by atoms with Crippen LogP contribution in [0.1, 0.15) is 45.8 Å². The summed E-state index contributed by atoms with van der Waals surface area (Å²) >= 11 is 1.51. The molecule has 1 aliphatic carbocycles. The third-order valence-electron chi connectivity index (χ3n) is 5.11. The monoisotopic (exact) mass is 406 g/mol. The number of amides is 1. The Labute approximate surface area is 173 Å². The van der Waals surface area contributed by atoms with Crippen LogP contribution < -0.4 is 10.1 Å². The molecule has 0 radical (unpaired) electrons. The van der Waals surface area contributed by atoms with Crippen LogP contribution in [0.5, 0.6) is 5.75 Å². The van der Waals surface area contributed by atoms with E-state index in [9.17, 15) is 9.59 Å². The summed E-state index contributed by atoms with van der Waals surface area (Å²) in [6.45, 7) is 4.27. The molecule has 0 fully saturated rings. The molecule has 1 heterocycles. The fourth-order valence-electron chi connectivity index (χ4n) is 3.73. The molecule has 2 aromatic carbocycles. The van der Waals surface area contributed by atoms with Gasteiger partial charge in [0.2, 0.25) is 0 Å². The molecular weight excluding hydrogens is 384 g/mol. The maximum Gasteiger partial charge on any atom is 0.258 e. The molecule has 1 aromatic heterocycles. The number of fused-ring (bicyclic) bond motifs is 1. The van der Waals surface area contributed by atoms with Crippen molar-refractivity contribution in [1.29, 1.82) is 0 Å². The summed E-state index contributed by atoms with van der Waals surface area (Å²) < 4.78 is 5.70. The predicted octanol–water partition coefficient (Wildman–Crippen LogP) is 4.50. The third kappa shape index (κ3) is 4.07. The van der Waals surface area contributed by atoms with Crippen molar-refractivity contribution in [1.82, 2.24) is 10.3 Å². The Morgan fingerprint density at radius 1 is 1.24 bits per heavy atom. The SMILES string of the molecule is Cc1ccc(OCC(=O)NCc2nc(-c3ccccc3)cs2)c2c1C(C)CC2=O. The van der Waals surface area contributed by atoms with E-state index in [1.165, 1.54) is 11.3 Å². The Balaban J connectivity index is 1.35. The number of hydrogen-bond acceptors (Lipinski definition) is 5. The van der Waals surface area contributed by atoms with Gasteiger partial charge in [-0.1, -0.05) is 43.3 Å².